The molecule has 0 spiro atoms. The fourth-order valence-corrected chi connectivity index (χ4v) is 2.28. The summed E-state index contributed by atoms with van der Waals surface area (Å²) in [5.41, 5.74) is 0. The quantitative estimate of drug-likeness (QED) is 0.565. The Morgan fingerprint density at radius 1 is 1.60 bits per heavy atom. The molecular weight excluding hydrogens is 267 g/mol. The summed E-state index contributed by atoms with van der Waals surface area (Å²) >= 11 is 1.64. The summed E-state index contributed by atoms with van der Waals surface area (Å²) in [5.74, 6) is -0.275. The molecule has 0 saturated heterocycles. The van der Waals surface area contributed by atoms with Gasteiger partial charge in [-0.2, -0.15) is 0 Å². The van der Waals surface area contributed by atoms with Gasteiger partial charge in [-0.3, -0.25) is 4.79 Å². The van der Waals surface area contributed by atoms with Crippen LogP contribution in [0.5, 0.6) is 0 Å². The molecule has 0 aliphatic rings. The van der Waals surface area contributed by atoms with Gasteiger partial charge >= 0.3 is 0 Å². The van der Waals surface area contributed by atoms with Crippen LogP contribution in [-0.4, -0.2) is 23.2 Å². The lowest BCUT2D eigenvalue weighted by Gasteiger charge is -2.03. The Labute approximate surface area is 74.2 Å². The van der Waals surface area contributed by atoms with Gasteiger partial charge in [0.2, 0.25) is 0 Å². The van der Waals surface area contributed by atoms with E-state index in [4.69, 9.17) is 0 Å². The highest BCUT2D eigenvalue weighted by molar-refractivity contribution is 14.1. The average Bonchev–Trinajstić information content (AvgIpc) is 1.86. The molecule has 0 rings (SSSR count). The van der Waals surface area contributed by atoms with Crippen LogP contribution in [0.3, 0.4) is 0 Å². The monoisotopic (exact) mass is 276 g/mol. The fraction of sp³-hybridized carbons (Fsp3) is 0.800. The Balaban J connectivity index is 4.51. The Kier molecular flexibility index (Phi) is 3.79. The first-order chi connectivity index (χ1) is 4.41. The Hall–Kier alpha value is 0.350. The van der Waals surface area contributed by atoms with Crippen molar-refractivity contribution in [2.45, 2.75) is 17.1 Å². The smallest absolute Gasteiger partial charge is 0.170 e. The van der Waals surface area contributed by atoms with Crippen molar-refractivity contribution in [1.29, 1.82) is 0 Å². The zero-order valence-electron chi connectivity index (χ0n) is 5.80. The first-order valence-corrected chi connectivity index (χ1v) is 5.74. The number of rotatable bonds is 3. The fourth-order valence-electron chi connectivity index (χ4n) is 0.399. The molecule has 1 atom stereocenters. The van der Waals surface area contributed by atoms with Crippen LogP contribution in [0.1, 0.15) is 13.8 Å². The van der Waals surface area contributed by atoms with Gasteiger partial charge < -0.3 is 0 Å². The van der Waals surface area contributed by atoms with Crippen LogP contribution in [0, 0.1) is 0 Å². The minimum atomic E-state index is -3.16. The van der Waals surface area contributed by atoms with E-state index in [2.05, 4.69) is 0 Å². The van der Waals surface area contributed by atoms with Gasteiger partial charge in [0.1, 0.15) is 0 Å². The second-order valence-electron chi connectivity index (χ2n) is 1.88. The zero-order chi connectivity index (χ0) is 8.36. The summed E-state index contributed by atoms with van der Waals surface area (Å²) in [5, 5.41) is 0. The first-order valence-electron chi connectivity index (χ1n) is 2.78. The molecule has 3 nitrogen and oxygen atoms in total. The van der Waals surface area contributed by atoms with Crippen LogP contribution in [0.4, 0.5) is 0 Å². The number of halogens is 1. The summed E-state index contributed by atoms with van der Waals surface area (Å²) < 4.78 is 21.0. The largest absolute Gasteiger partial charge is 0.298 e. The maximum absolute atomic E-state index is 10.9. The summed E-state index contributed by atoms with van der Waals surface area (Å²) in [7, 11) is -3.16. The van der Waals surface area contributed by atoms with Gasteiger partial charge in [0.15, 0.2) is 18.9 Å². The van der Waals surface area contributed by atoms with Gasteiger partial charge in [-0.15, -0.1) is 0 Å². The number of hydrogen-bond donors (Lipinski definition) is 0. The lowest BCUT2D eigenvalue weighted by atomic mass is 10.5. The Bertz CT molecular complexity index is 219. The molecule has 0 fully saturated rings. The molecule has 0 aromatic rings. The number of ketones is 1. The van der Waals surface area contributed by atoms with Crippen LogP contribution in [0.25, 0.3) is 0 Å². The van der Waals surface area contributed by atoms with Crippen molar-refractivity contribution in [2.75, 3.05) is 5.75 Å². The topological polar surface area (TPSA) is 51.2 Å². The number of sulfone groups is 1. The number of hydrogen-bond acceptors (Lipinski definition) is 3. The first kappa shape index (κ1) is 10.3. The van der Waals surface area contributed by atoms with Crippen LogP contribution in [-0.2, 0) is 14.6 Å². The normalized spacial score (nSPS) is 14.7. The molecule has 0 radical (unpaired) electrons. The predicted octanol–water partition coefficient (Wildman–Crippen LogP) is 0.771. The molecule has 0 aliphatic heterocycles. The number of carbonyl (C=O) groups excluding carboxylic acids is 1. The predicted molar refractivity (Wildman–Crippen MR) is 47.9 cm³/mol. The average molecular weight is 276 g/mol. The highest BCUT2D eigenvalue weighted by atomic mass is 127. The van der Waals surface area contributed by atoms with Gasteiger partial charge in [0.05, 0.1) is 0 Å². The molecule has 0 aromatic carbocycles. The maximum Gasteiger partial charge on any atom is 0.170 e. The third kappa shape index (κ3) is 2.53. The molecule has 10 heavy (non-hydrogen) atoms. The SMILES string of the molecule is CCS(=O)(=O)C(I)C(C)=O. The zero-order valence-corrected chi connectivity index (χ0v) is 8.77. The molecule has 0 bridgehead atoms. The van der Waals surface area contributed by atoms with Gasteiger partial charge in [0.25, 0.3) is 0 Å². The van der Waals surface area contributed by atoms with E-state index < -0.39 is 13.1 Å². The third-order valence-corrected chi connectivity index (χ3v) is 6.01. The van der Waals surface area contributed by atoms with Crippen molar-refractivity contribution >= 4 is 38.2 Å². The minimum Gasteiger partial charge on any atom is -0.298 e. The van der Waals surface area contributed by atoms with E-state index in [0.29, 0.717) is 0 Å². The third-order valence-electron chi connectivity index (χ3n) is 1.04. The van der Waals surface area contributed by atoms with Gasteiger partial charge in [-0.25, -0.2) is 8.42 Å². The Morgan fingerprint density at radius 3 is 2.10 bits per heavy atom. The van der Waals surface area contributed by atoms with E-state index in [1.807, 2.05) is 0 Å². The minimum absolute atomic E-state index is 0.0280. The van der Waals surface area contributed by atoms with Crippen molar-refractivity contribution < 1.29 is 13.2 Å². The van der Waals surface area contributed by atoms with Crippen molar-refractivity contribution in [3.05, 3.63) is 0 Å². The highest BCUT2D eigenvalue weighted by Crippen LogP contribution is 2.11. The summed E-state index contributed by atoms with van der Waals surface area (Å²) in [4.78, 5) is 10.6. The molecule has 60 valence electrons. The molecule has 5 heteroatoms. The molecule has 0 heterocycles. The van der Waals surface area contributed by atoms with Gasteiger partial charge in [0, 0.05) is 5.75 Å². The van der Waals surface area contributed by atoms with Crippen LogP contribution in [0.15, 0.2) is 0 Å². The van der Waals surface area contributed by atoms with Gasteiger partial charge in [-0.1, -0.05) is 29.5 Å². The molecule has 0 aromatic heterocycles. The highest BCUT2D eigenvalue weighted by Gasteiger charge is 2.24. The van der Waals surface area contributed by atoms with Gasteiger partial charge in [-0.05, 0) is 6.92 Å². The van der Waals surface area contributed by atoms with E-state index in [-0.39, 0.29) is 11.5 Å². The molecule has 0 amide bonds. The summed E-state index contributed by atoms with van der Waals surface area (Å²) in [6.45, 7) is 2.81. The van der Waals surface area contributed by atoms with Crippen LogP contribution in [0.2, 0.25) is 0 Å². The maximum atomic E-state index is 10.9. The van der Waals surface area contributed by atoms with Crippen molar-refractivity contribution in [2.24, 2.45) is 0 Å². The summed E-state index contributed by atoms with van der Waals surface area (Å²) in [6.07, 6.45) is 0. The molecule has 0 saturated carbocycles. The van der Waals surface area contributed by atoms with Crippen molar-refractivity contribution in [1.82, 2.24) is 0 Å². The van der Waals surface area contributed by atoms with Crippen LogP contribution >= 0.6 is 22.6 Å². The number of Topliss-reactive ketones (excluding diaryl/α,β-unsaturated/α-hetero) is 1. The molecule has 1 unspecified atom stereocenters. The van der Waals surface area contributed by atoms with E-state index in [9.17, 15) is 13.2 Å². The second-order valence-corrected chi connectivity index (χ2v) is 6.34. The molecular formula is C5H9IO3S. The van der Waals surface area contributed by atoms with Crippen molar-refractivity contribution in [3.63, 3.8) is 0 Å². The van der Waals surface area contributed by atoms with Crippen molar-refractivity contribution in [3.8, 4) is 0 Å². The number of carbonyl (C=O) groups is 1. The summed E-state index contributed by atoms with van der Waals surface area (Å²) in [6, 6.07) is 0. The van der Waals surface area contributed by atoms with E-state index >= 15 is 0 Å². The molecule has 0 N–H and O–H groups in total. The standard InChI is InChI=1S/C5H9IO3S/c1-3-10(8,9)5(6)4(2)7/h5H,3H2,1-2H3. The lowest BCUT2D eigenvalue weighted by Crippen LogP contribution is -2.23. The second kappa shape index (κ2) is 3.66. The van der Waals surface area contributed by atoms with E-state index in [0.717, 1.165) is 0 Å². The molecule has 0 aliphatic carbocycles. The lowest BCUT2D eigenvalue weighted by molar-refractivity contribution is -0.115. The van der Waals surface area contributed by atoms with E-state index in [1.54, 1.807) is 22.6 Å². The van der Waals surface area contributed by atoms with Crippen LogP contribution < -0.4 is 0 Å². The van der Waals surface area contributed by atoms with E-state index in [1.165, 1.54) is 13.8 Å². The Morgan fingerprint density at radius 2 is 2.00 bits per heavy atom. The number of alkyl halides is 1.